The Morgan fingerprint density at radius 3 is 2.53 bits per heavy atom. The highest BCUT2D eigenvalue weighted by Crippen LogP contribution is 2.32. The van der Waals surface area contributed by atoms with Gasteiger partial charge in [-0.25, -0.2) is 4.79 Å². The molecule has 2 amide bonds. The summed E-state index contributed by atoms with van der Waals surface area (Å²) >= 11 is 0. The maximum Gasteiger partial charge on any atom is 0.327 e. The maximum atomic E-state index is 12.8. The first-order valence-electron chi connectivity index (χ1n) is 11.1. The molecule has 2 N–H and O–H groups in total. The van der Waals surface area contributed by atoms with Gasteiger partial charge in [0.05, 0.1) is 31.8 Å². The van der Waals surface area contributed by atoms with E-state index in [1.165, 1.54) is 0 Å². The molecule has 2 aromatic heterocycles. The monoisotopic (exact) mass is 467 g/mol. The molecule has 0 spiro atoms. The molecule has 0 unspecified atom stereocenters. The van der Waals surface area contributed by atoms with Crippen molar-refractivity contribution in [2.24, 2.45) is 0 Å². The molecule has 3 aromatic rings. The van der Waals surface area contributed by atoms with E-state index in [0.717, 1.165) is 11.8 Å². The molecular weight excluding hydrogens is 438 g/mol. The zero-order valence-corrected chi connectivity index (χ0v) is 20.2. The van der Waals surface area contributed by atoms with E-state index >= 15 is 0 Å². The molecule has 1 aromatic carbocycles. The third kappa shape index (κ3) is 4.20. The number of ether oxygens (including phenoxy) is 2. The summed E-state index contributed by atoms with van der Waals surface area (Å²) < 4.78 is 10.7. The molecule has 1 aliphatic heterocycles. The van der Waals surface area contributed by atoms with Gasteiger partial charge in [0, 0.05) is 30.6 Å². The van der Waals surface area contributed by atoms with E-state index in [0.29, 0.717) is 46.8 Å². The van der Waals surface area contributed by atoms with Crippen LogP contribution in [-0.4, -0.2) is 64.7 Å². The first kappa shape index (κ1) is 23.3. The minimum atomic E-state index is -0.421. The number of hydrogen-bond acceptors (Lipinski definition) is 8. The Bertz CT molecular complexity index is 1290. The van der Waals surface area contributed by atoms with Crippen molar-refractivity contribution in [1.29, 1.82) is 0 Å². The van der Waals surface area contributed by atoms with Gasteiger partial charge in [-0.05, 0) is 32.4 Å². The van der Waals surface area contributed by atoms with Crippen LogP contribution in [0.15, 0.2) is 23.0 Å². The molecule has 180 valence electrons. The molecule has 1 aliphatic rings. The smallest absolute Gasteiger partial charge is 0.327 e. The summed E-state index contributed by atoms with van der Waals surface area (Å²) in [5.74, 6) is 2.16. The number of hydrogen-bond donors (Lipinski definition) is 2. The summed E-state index contributed by atoms with van der Waals surface area (Å²) in [7, 11) is 4.87. The highest BCUT2D eigenvalue weighted by Gasteiger charge is 2.37. The van der Waals surface area contributed by atoms with Crippen LogP contribution in [0.3, 0.4) is 0 Å². The third-order valence-corrected chi connectivity index (χ3v) is 5.99. The van der Waals surface area contributed by atoms with Crippen LogP contribution in [-0.2, 0) is 0 Å². The van der Waals surface area contributed by atoms with Gasteiger partial charge in [-0.2, -0.15) is 15.0 Å². The fourth-order valence-electron chi connectivity index (χ4n) is 4.16. The second kappa shape index (κ2) is 9.16. The van der Waals surface area contributed by atoms with Gasteiger partial charge < -0.3 is 24.7 Å². The van der Waals surface area contributed by atoms with Gasteiger partial charge in [-0.1, -0.05) is 6.92 Å². The fraction of sp³-hybridized carbons (Fsp3) is 0.435. The normalized spacial score (nSPS) is 16.8. The number of urea groups is 1. The van der Waals surface area contributed by atoms with Crippen molar-refractivity contribution < 1.29 is 14.3 Å². The molecule has 3 heterocycles. The Labute approximate surface area is 197 Å². The predicted molar refractivity (Wildman–Crippen MR) is 129 cm³/mol. The molecule has 11 heteroatoms. The Kier molecular flexibility index (Phi) is 6.27. The highest BCUT2D eigenvalue weighted by molar-refractivity contribution is 5.93. The van der Waals surface area contributed by atoms with Crippen molar-refractivity contribution in [2.45, 2.75) is 39.3 Å². The Hall–Kier alpha value is -3.89. The number of aromatic amines is 1. The second-order valence-electron chi connectivity index (χ2n) is 8.32. The van der Waals surface area contributed by atoms with Crippen molar-refractivity contribution >= 4 is 28.8 Å². The Balaban J connectivity index is 1.66. The van der Waals surface area contributed by atoms with E-state index in [2.05, 4.69) is 25.3 Å². The number of nitrogens with one attached hydrogen (secondary N) is 2. The van der Waals surface area contributed by atoms with Crippen LogP contribution in [0, 0.1) is 6.92 Å². The molecule has 4 rings (SSSR count). The lowest BCUT2D eigenvalue weighted by Gasteiger charge is -2.21. The largest absolute Gasteiger partial charge is 0.493 e. The molecule has 0 radical (unpaired) electrons. The number of anilines is 2. The lowest BCUT2D eigenvalue weighted by Crippen LogP contribution is -2.36. The predicted octanol–water partition coefficient (Wildman–Crippen LogP) is 2.86. The minimum absolute atomic E-state index is 0.0140. The average Bonchev–Trinajstić information content (AvgIpc) is 3.10. The van der Waals surface area contributed by atoms with E-state index in [1.54, 1.807) is 50.1 Å². The average molecular weight is 468 g/mol. The van der Waals surface area contributed by atoms with E-state index in [9.17, 15) is 9.59 Å². The summed E-state index contributed by atoms with van der Waals surface area (Å²) in [4.78, 5) is 44.9. The zero-order valence-electron chi connectivity index (χ0n) is 20.2. The van der Waals surface area contributed by atoms with Gasteiger partial charge in [0.1, 0.15) is 5.82 Å². The van der Waals surface area contributed by atoms with Gasteiger partial charge in [-0.15, -0.1) is 0 Å². The van der Waals surface area contributed by atoms with Crippen LogP contribution >= 0.6 is 0 Å². The van der Waals surface area contributed by atoms with Crippen LogP contribution < -0.4 is 25.2 Å². The number of pyridine rings is 1. The van der Waals surface area contributed by atoms with Gasteiger partial charge in [0.25, 0.3) is 5.56 Å². The van der Waals surface area contributed by atoms with Crippen LogP contribution in [0.1, 0.15) is 37.7 Å². The first-order valence-corrected chi connectivity index (χ1v) is 11.1. The molecule has 0 bridgehead atoms. The number of H-pyrrole nitrogens is 1. The van der Waals surface area contributed by atoms with E-state index < -0.39 is 6.04 Å². The van der Waals surface area contributed by atoms with E-state index in [1.807, 2.05) is 19.9 Å². The summed E-state index contributed by atoms with van der Waals surface area (Å²) in [6.07, 6.45) is 0.778. The minimum Gasteiger partial charge on any atom is -0.493 e. The van der Waals surface area contributed by atoms with Crippen LogP contribution in [0.25, 0.3) is 10.9 Å². The van der Waals surface area contributed by atoms with Crippen molar-refractivity contribution in [2.75, 3.05) is 38.0 Å². The van der Waals surface area contributed by atoms with E-state index in [-0.39, 0.29) is 17.6 Å². The van der Waals surface area contributed by atoms with E-state index in [4.69, 9.17) is 9.47 Å². The van der Waals surface area contributed by atoms with Crippen LogP contribution in [0.5, 0.6) is 11.5 Å². The Morgan fingerprint density at radius 1 is 1.15 bits per heavy atom. The number of rotatable bonds is 7. The molecule has 0 aliphatic carbocycles. The number of amides is 2. The number of carbonyl (C=O) groups is 1. The first-order chi connectivity index (χ1) is 16.2. The molecule has 34 heavy (non-hydrogen) atoms. The molecular formula is C23H29N7O4. The number of likely N-dealkylation sites (N-methyl/N-ethyl adjacent to an activating group) is 1. The third-order valence-electron chi connectivity index (χ3n) is 5.99. The number of carbonyl (C=O) groups excluding carboxylic acids is 1. The van der Waals surface area contributed by atoms with Gasteiger partial charge in [0.2, 0.25) is 11.9 Å². The lowest BCUT2D eigenvalue weighted by atomic mass is 10.1. The number of methoxy groups -OCH3 is 2. The molecule has 1 fully saturated rings. The number of nitrogens with zero attached hydrogens (tertiary/aromatic N) is 5. The number of aromatic nitrogens is 4. The van der Waals surface area contributed by atoms with Gasteiger partial charge >= 0.3 is 6.03 Å². The van der Waals surface area contributed by atoms with Crippen molar-refractivity contribution in [3.63, 3.8) is 0 Å². The molecule has 2 atom stereocenters. The summed E-state index contributed by atoms with van der Waals surface area (Å²) in [5.41, 5.74) is 0.898. The topological polar surface area (TPSA) is 126 Å². The summed E-state index contributed by atoms with van der Waals surface area (Å²) in [6.45, 7) is 6.23. The van der Waals surface area contributed by atoms with Crippen molar-refractivity contribution in [1.82, 2.24) is 24.8 Å². The molecule has 11 nitrogen and oxygen atoms in total. The molecule has 1 saturated heterocycles. The SMILES string of the molecule is CC[C@H]1CN(C)C(=O)N1c1nc(C)nc(N[C@@H](C)c2cc3cc(OC)c(OC)cc3[nH]c2=O)n1. The summed E-state index contributed by atoms with van der Waals surface area (Å²) in [6, 6.07) is 4.76. The van der Waals surface area contributed by atoms with Gasteiger partial charge in [0.15, 0.2) is 11.5 Å². The highest BCUT2D eigenvalue weighted by atomic mass is 16.5. The molecule has 0 saturated carbocycles. The van der Waals surface area contributed by atoms with Crippen LogP contribution in [0.4, 0.5) is 16.7 Å². The Morgan fingerprint density at radius 2 is 1.85 bits per heavy atom. The van der Waals surface area contributed by atoms with Crippen molar-refractivity contribution in [3.8, 4) is 11.5 Å². The second-order valence-corrected chi connectivity index (χ2v) is 8.32. The fourth-order valence-corrected chi connectivity index (χ4v) is 4.16. The van der Waals surface area contributed by atoms with Gasteiger partial charge in [-0.3, -0.25) is 9.69 Å². The maximum absolute atomic E-state index is 12.8. The summed E-state index contributed by atoms with van der Waals surface area (Å²) in [5, 5.41) is 3.98. The van der Waals surface area contributed by atoms with Crippen LogP contribution in [0.2, 0.25) is 0 Å². The standard InChI is InChI=1S/C23H29N7O4/c1-7-15-11-29(4)23(32)30(15)22-26-13(3)25-21(28-22)24-12(2)16-8-14-9-18(33-5)19(34-6)10-17(14)27-20(16)31/h8-10,12,15H,7,11H2,1-6H3,(H,27,31)(H,24,25,26,28)/t12-,15-/m0/s1. The number of aryl methyl sites for hydroxylation is 1. The zero-order chi connectivity index (χ0) is 24.6. The number of benzene rings is 1. The quantitative estimate of drug-likeness (QED) is 0.543. The van der Waals surface area contributed by atoms with Crippen molar-refractivity contribution in [3.05, 3.63) is 39.9 Å². The number of fused-ring (bicyclic) bond motifs is 1. The lowest BCUT2D eigenvalue weighted by molar-refractivity contribution is 0.229.